The number of aliphatic hydroxyl groups excluding tert-OH is 1. The highest BCUT2D eigenvalue weighted by Crippen LogP contribution is 2.28. The Balaban J connectivity index is 1.95. The van der Waals surface area contributed by atoms with Crippen molar-refractivity contribution >= 4 is 29.1 Å². The average molecular weight is 304 g/mol. The molecule has 19 heavy (non-hydrogen) atoms. The number of carbonyl (C=O) groups excluding carboxylic acids is 1. The van der Waals surface area contributed by atoms with Crippen LogP contribution in [-0.4, -0.2) is 41.7 Å². The molecule has 0 radical (unpaired) electrons. The lowest BCUT2D eigenvalue weighted by molar-refractivity contribution is -0.134. The van der Waals surface area contributed by atoms with Gasteiger partial charge in [-0.05, 0) is 25.0 Å². The second-order valence-electron chi connectivity index (χ2n) is 4.43. The fourth-order valence-corrected chi connectivity index (χ4v) is 2.50. The predicted molar refractivity (Wildman–Crippen MR) is 73.8 cm³/mol. The van der Waals surface area contributed by atoms with E-state index in [9.17, 15) is 9.90 Å². The van der Waals surface area contributed by atoms with Gasteiger partial charge >= 0.3 is 0 Å². The van der Waals surface area contributed by atoms with E-state index in [2.05, 4.69) is 0 Å². The third kappa shape index (κ3) is 3.53. The topological polar surface area (TPSA) is 49.8 Å². The van der Waals surface area contributed by atoms with Gasteiger partial charge in [-0.2, -0.15) is 0 Å². The van der Waals surface area contributed by atoms with Crippen LogP contribution in [-0.2, 0) is 4.79 Å². The summed E-state index contributed by atoms with van der Waals surface area (Å²) in [5.74, 6) is 0.245. The maximum atomic E-state index is 12.0. The molecule has 1 aromatic carbocycles. The molecule has 4 nitrogen and oxygen atoms in total. The number of benzene rings is 1. The number of halogens is 2. The average Bonchev–Trinajstić information content (AvgIpc) is 2.88. The lowest BCUT2D eigenvalue weighted by atomic mass is 10.2. The molecule has 1 heterocycles. The van der Waals surface area contributed by atoms with E-state index < -0.39 is 0 Å². The van der Waals surface area contributed by atoms with Gasteiger partial charge in [-0.1, -0.05) is 23.2 Å². The van der Waals surface area contributed by atoms with Crippen molar-refractivity contribution < 1.29 is 14.6 Å². The van der Waals surface area contributed by atoms with Gasteiger partial charge < -0.3 is 14.7 Å². The monoisotopic (exact) mass is 303 g/mol. The Morgan fingerprint density at radius 1 is 1.47 bits per heavy atom. The number of ether oxygens (including phenoxy) is 1. The largest absolute Gasteiger partial charge is 0.482 e. The van der Waals surface area contributed by atoms with Crippen LogP contribution in [0.25, 0.3) is 0 Å². The third-order valence-corrected chi connectivity index (χ3v) is 3.70. The fraction of sp³-hybridized carbons (Fsp3) is 0.462. The van der Waals surface area contributed by atoms with E-state index in [1.807, 2.05) is 0 Å². The van der Waals surface area contributed by atoms with E-state index in [4.69, 9.17) is 27.9 Å². The zero-order valence-corrected chi connectivity index (χ0v) is 11.8. The number of likely N-dealkylation sites (tertiary alicyclic amines) is 1. The van der Waals surface area contributed by atoms with Gasteiger partial charge in [0.2, 0.25) is 0 Å². The summed E-state index contributed by atoms with van der Waals surface area (Å²) in [4.78, 5) is 13.6. The van der Waals surface area contributed by atoms with Crippen molar-refractivity contribution in [3.05, 3.63) is 28.2 Å². The summed E-state index contributed by atoms with van der Waals surface area (Å²) in [5.41, 5.74) is 0. The molecule has 104 valence electrons. The Labute approximate surface area is 121 Å². The first-order chi connectivity index (χ1) is 9.11. The summed E-state index contributed by atoms with van der Waals surface area (Å²) in [6, 6.07) is 4.76. The minimum absolute atomic E-state index is 0.0103. The fourth-order valence-electron chi connectivity index (χ4n) is 2.16. The number of aliphatic hydroxyl groups is 1. The third-order valence-electron chi connectivity index (χ3n) is 3.15. The van der Waals surface area contributed by atoms with Crippen LogP contribution < -0.4 is 4.74 Å². The van der Waals surface area contributed by atoms with Gasteiger partial charge in [0, 0.05) is 17.6 Å². The minimum atomic E-state index is -0.146. The van der Waals surface area contributed by atoms with E-state index in [0.29, 0.717) is 22.3 Å². The Morgan fingerprint density at radius 2 is 2.26 bits per heavy atom. The van der Waals surface area contributed by atoms with Gasteiger partial charge in [-0.25, -0.2) is 0 Å². The van der Waals surface area contributed by atoms with Crippen molar-refractivity contribution in [1.82, 2.24) is 4.90 Å². The van der Waals surface area contributed by atoms with Crippen molar-refractivity contribution in [2.75, 3.05) is 19.8 Å². The molecule has 0 unspecified atom stereocenters. The molecule has 0 saturated carbocycles. The van der Waals surface area contributed by atoms with Crippen molar-refractivity contribution in [1.29, 1.82) is 0 Å². The first-order valence-electron chi connectivity index (χ1n) is 6.10. The molecular formula is C13H15Cl2NO3. The van der Waals surface area contributed by atoms with Crippen LogP contribution in [0.3, 0.4) is 0 Å². The summed E-state index contributed by atoms with van der Waals surface area (Å²) >= 11 is 11.8. The molecular weight excluding hydrogens is 289 g/mol. The molecule has 2 rings (SSSR count). The van der Waals surface area contributed by atoms with E-state index in [1.54, 1.807) is 23.1 Å². The van der Waals surface area contributed by atoms with Crippen LogP contribution in [0.5, 0.6) is 5.75 Å². The van der Waals surface area contributed by atoms with Gasteiger partial charge in [0.05, 0.1) is 17.7 Å². The van der Waals surface area contributed by atoms with Gasteiger partial charge in [0.1, 0.15) is 5.75 Å². The number of nitrogens with zero attached hydrogens (tertiary/aromatic N) is 1. The highest BCUT2D eigenvalue weighted by atomic mass is 35.5. The number of hydrogen-bond acceptors (Lipinski definition) is 3. The van der Waals surface area contributed by atoms with E-state index in [-0.39, 0.29) is 25.2 Å². The highest BCUT2D eigenvalue weighted by molar-refractivity contribution is 6.34. The normalized spacial score (nSPS) is 18.7. The summed E-state index contributed by atoms with van der Waals surface area (Å²) in [5, 5.41) is 10.1. The molecule has 0 aromatic heterocycles. The zero-order valence-electron chi connectivity index (χ0n) is 10.3. The standard InChI is InChI=1S/C13H15Cl2NO3/c14-9-3-4-11(15)12(6-9)19-8-13(18)16-5-1-2-10(16)7-17/h3-4,6,10,17H,1-2,5,7-8H2/t10-/m1/s1. The maximum Gasteiger partial charge on any atom is 0.260 e. The van der Waals surface area contributed by atoms with Crippen LogP contribution in [0, 0.1) is 0 Å². The number of rotatable bonds is 4. The molecule has 1 aromatic rings. The first-order valence-corrected chi connectivity index (χ1v) is 6.85. The number of hydrogen-bond donors (Lipinski definition) is 1. The molecule has 1 saturated heterocycles. The molecule has 1 aliphatic rings. The maximum absolute atomic E-state index is 12.0. The van der Waals surface area contributed by atoms with Gasteiger partial charge in [-0.3, -0.25) is 4.79 Å². The van der Waals surface area contributed by atoms with E-state index in [0.717, 1.165) is 12.8 Å². The SMILES string of the molecule is O=C(COc1cc(Cl)ccc1Cl)N1CCC[C@@H]1CO. The van der Waals surface area contributed by atoms with Gasteiger partial charge in [-0.15, -0.1) is 0 Å². The summed E-state index contributed by atoms with van der Waals surface area (Å²) in [7, 11) is 0. The molecule has 1 atom stereocenters. The highest BCUT2D eigenvalue weighted by Gasteiger charge is 2.28. The smallest absolute Gasteiger partial charge is 0.260 e. The van der Waals surface area contributed by atoms with Crippen LogP contribution in [0.2, 0.25) is 10.0 Å². The van der Waals surface area contributed by atoms with Crippen LogP contribution in [0.4, 0.5) is 0 Å². The van der Waals surface area contributed by atoms with E-state index >= 15 is 0 Å². The minimum Gasteiger partial charge on any atom is -0.482 e. The van der Waals surface area contributed by atoms with E-state index in [1.165, 1.54) is 0 Å². The van der Waals surface area contributed by atoms with Crippen molar-refractivity contribution in [3.63, 3.8) is 0 Å². The Kier molecular flexibility index (Phi) is 4.91. The number of amides is 1. The summed E-state index contributed by atoms with van der Waals surface area (Å²) in [6.45, 7) is 0.553. The second kappa shape index (κ2) is 6.46. The Morgan fingerprint density at radius 3 is 3.00 bits per heavy atom. The second-order valence-corrected chi connectivity index (χ2v) is 5.27. The summed E-state index contributed by atoms with van der Waals surface area (Å²) in [6.07, 6.45) is 1.75. The van der Waals surface area contributed by atoms with Gasteiger partial charge in [0.15, 0.2) is 6.61 Å². The molecule has 1 fully saturated rings. The summed E-state index contributed by atoms with van der Waals surface area (Å²) < 4.78 is 5.40. The Bertz CT molecular complexity index is 467. The molecule has 0 bridgehead atoms. The van der Waals surface area contributed by atoms with Crippen molar-refractivity contribution in [2.24, 2.45) is 0 Å². The van der Waals surface area contributed by atoms with Crippen LogP contribution in [0.15, 0.2) is 18.2 Å². The molecule has 1 N–H and O–H groups in total. The molecule has 0 spiro atoms. The zero-order chi connectivity index (χ0) is 13.8. The quantitative estimate of drug-likeness (QED) is 0.929. The van der Waals surface area contributed by atoms with Crippen molar-refractivity contribution in [2.45, 2.75) is 18.9 Å². The van der Waals surface area contributed by atoms with Crippen LogP contribution in [0.1, 0.15) is 12.8 Å². The molecule has 0 aliphatic carbocycles. The molecule has 1 aliphatic heterocycles. The first kappa shape index (κ1) is 14.4. The van der Waals surface area contributed by atoms with Crippen molar-refractivity contribution in [3.8, 4) is 5.75 Å². The predicted octanol–water partition coefficient (Wildman–Crippen LogP) is 2.36. The van der Waals surface area contributed by atoms with Gasteiger partial charge in [0.25, 0.3) is 5.91 Å². The molecule has 1 amide bonds. The molecule has 6 heteroatoms. The van der Waals surface area contributed by atoms with Crippen LogP contribution >= 0.6 is 23.2 Å². The Hall–Kier alpha value is -0.970. The lowest BCUT2D eigenvalue weighted by Crippen LogP contribution is -2.40. The number of carbonyl (C=O) groups is 1. The lowest BCUT2D eigenvalue weighted by Gasteiger charge is -2.23.